The van der Waals surface area contributed by atoms with Crippen LogP contribution in [-0.2, 0) is 4.79 Å². The average molecular weight is 429 g/mol. The molecule has 1 unspecified atom stereocenters. The number of rotatable bonds is 5. The molecule has 0 aromatic heterocycles. The van der Waals surface area contributed by atoms with Crippen LogP contribution in [0, 0.1) is 51.8 Å². The van der Waals surface area contributed by atoms with Gasteiger partial charge in [-0.15, -0.1) is 0 Å². The Morgan fingerprint density at radius 2 is 1.74 bits per heavy atom. The van der Waals surface area contributed by atoms with Crippen LogP contribution in [0.15, 0.2) is 11.6 Å². The van der Waals surface area contributed by atoms with Gasteiger partial charge in [0.15, 0.2) is 0 Å². The van der Waals surface area contributed by atoms with Crippen molar-refractivity contribution < 1.29 is 9.90 Å². The molecule has 1 N–H and O–H groups in total. The smallest absolute Gasteiger partial charge is 0.137 e. The third-order valence-corrected chi connectivity index (χ3v) is 10.9. The fourth-order valence-electron chi connectivity index (χ4n) is 9.20. The molecule has 3 saturated carbocycles. The molecule has 2 nitrogen and oxygen atoms in total. The molecule has 31 heavy (non-hydrogen) atoms. The Balaban J connectivity index is 1.58. The fourth-order valence-corrected chi connectivity index (χ4v) is 9.20. The van der Waals surface area contributed by atoms with Crippen LogP contribution >= 0.6 is 0 Å². The molecule has 4 rings (SSSR count). The van der Waals surface area contributed by atoms with Crippen LogP contribution in [0.2, 0.25) is 0 Å². The second-order valence-corrected chi connectivity index (χ2v) is 13.4. The highest BCUT2D eigenvalue weighted by molar-refractivity contribution is 5.85. The molecule has 0 aliphatic heterocycles. The maximum absolute atomic E-state index is 13.4. The molecule has 0 amide bonds. The Kier molecular flexibility index (Phi) is 6.07. The first-order valence-corrected chi connectivity index (χ1v) is 13.3. The van der Waals surface area contributed by atoms with Gasteiger partial charge in [-0.1, -0.05) is 73.0 Å². The Hall–Kier alpha value is -0.630. The van der Waals surface area contributed by atoms with Crippen LogP contribution in [0.25, 0.3) is 0 Å². The number of hydrogen-bond acceptors (Lipinski definition) is 2. The summed E-state index contributed by atoms with van der Waals surface area (Å²) in [6.45, 7) is 16.5. The molecule has 0 aromatic carbocycles. The Labute approximate surface area is 191 Å². The molecular weight excluding hydrogens is 380 g/mol. The SMILES string of the molecule is CC(C)CCC[C@@H](C)[C@H]1C(=O)C[C@H]2[C@@H]3CC=C4C(C)(C)C(O)CC[C@]4(C)[C@H]3CC[C@]12C. The Morgan fingerprint density at radius 1 is 1.03 bits per heavy atom. The van der Waals surface area contributed by atoms with Gasteiger partial charge < -0.3 is 5.11 Å². The van der Waals surface area contributed by atoms with Crippen molar-refractivity contribution in [2.75, 3.05) is 0 Å². The van der Waals surface area contributed by atoms with E-state index in [9.17, 15) is 9.90 Å². The van der Waals surface area contributed by atoms with Crippen molar-refractivity contribution in [3.05, 3.63) is 11.6 Å². The van der Waals surface area contributed by atoms with Crippen molar-refractivity contribution in [3.63, 3.8) is 0 Å². The van der Waals surface area contributed by atoms with Crippen LogP contribution in [0.1, 0.15) is 106 Å². The van der Waals surface area contributed by atoms with Gasteiger partial charge in [0.1, 0.15) is 5.78 Å². The van der Waals surface area contributed by atoms with Gasteiger partial charge in [-0.25, -0.2) is 0 Å². The molecule has 176 valence electrons. The standard InChI is InChI=1S/C29H48O2/c1-18(2)9-8-10-19(3)26-23(30)17-22-20-11-12-24-27(4,5)25(31)14-16-28(24,6)21(20)13-15-29(22,26)7/h12,18-22,25-26,31H,8-11,13-17H2,1-7H3/t19-,20-,21+,22+,25?,26+,28-,29+/m1/s1. The maximum Gasteiger partial charge on any atom is 0.137 e. The summed E-state index contributed by atoms with van der Waals surface area (Å²) in [5.41, 5.74) is 1.81. The number of aliphatic hydroxyl groups is 1. The zero-order valence-electron chi connectivity index (χ0n) is 21.3. The van der Waals surface area contributed by atoms with Crippen molar-refractivity contribution in [1.29, 1.82) is 0 Å². The van der Waals surface area contributed by atoms with Gasteiger partial charge in [0, 0.05) is 17.8 Å². The number of carbonyl (C=O) groups excluding carboxylic acids is 1. The third kappa shape index (κ3) is 3.58. The minimum atomic E-state index is -0.221. The van der Waals surface area contributed by atoms with Crippen molar-refractivity contribution in [3.8, 4) is 0 Å². The molecule has 0 saturated heterocycles. The molecule has 2 heteroatoms. The number of fused-ring (bicyclic) bond motifs is 5. The van der Waals surface area contributed by atoms with E-state index >= 15 is 0 Å². The molecule has 0 radical (unpaired) electrons. The van der Waals surface area contributed by atoms with Crippen molar-refractivity contribution in [2.45, 2.75) is 112 Å². The molecular formula is C29H48O2. The highest BCUT2D eigenvalue weighted by atomic mass is 16.3. The minimum Gasteiger partial charge on any atom is -0.392 e. The van der Waals surface area contributed by atoms with E-state index < -0.39 is 0 Å². The Morgan fingerprint density at radius 3 is 2.42 bits per heavy atom. The lowest BCUT2D eigenvalue weighted by atomic mass is 9.44. The molecule has 0 spiro atoms. The summed E-state index contributed by atoms with van der Waals surface area (Å²) in [5.74, 6) is 4.01. The predicted octanol–water partition coefficient (Wildman–Crippen LogP) is 7.20. The minimum absolute atomic E-state index is 0.113. The highest BCUT2D eigenvalue weighted by Crippen LogP contribution is 2.68. The van der Waals surface area contributed by atoms with E-state index in [1.54, 1.807) is 0 Å². The zero-order valence-corrected chi connectivity index (χ0v) is 21.3. The van der Waals surface area contributed by atoms with Crippen LogP contribution < -0.4 is 0 Å². The molecule has 4 aliphatic rings. The van der Waals surface area contributed by atoms with Gasteiger partial charge in [-0.2, -0.15) is 0 Å². The third-order valence-electron chi connectivity index (χ3n) is 10.9. The van der Waals surface area contributed by atoms with Crippen LogP contribution in [0.3, 0.4) is 0 Å². The van der Waals surface area contributed by atoms with Crippen molar-refractivity contribution in [2.24, 2.45) is 51.8 Å². The average Bonchev–Trinajstić information content (AvgIpc) is 2.95. The highest BCUT2D eigenvalue weighted by Gasteiger charge is 2.63. The number of carbonyl (C=O) groups is 1. The lowest BCUT2D eigenvalue weighted by Crippen LogP contribution is -2.54. The van der Waals surface area contributed by atoms with Gasteiger partial charge in [0.25, 0.3) is 0 Å². The lowest BCUT2D eigenvalue weighted by molar-refractivity contribution is -0.124. The van der Waals surface area contributed by atoms with E-state index in [4.69, 9.17) is 0 Å². The second-order valence-electron chi connectivity index (χ2n) is 13.4. The molecule has 8 atom stereocenters. The first kappa shape index (κ1) is 23.5. The summed E-state index contributed by atoms with van der Waals surface area (Å²) in [5, 5.41) is 10.7. The van der Waals surface area contributed by atoms with Crippen LogP contribution in [0.4, 0.5) is 0 Å². The first-order chi connectivity index (χ1) is 14.4. The van der Waals surface area contributed by atoms with E-state index in [-0.39, 0.29) is 28.3 Å². The van der Waals surface area contributed by atoms with Crippen molar-refractivity contribution in [1.82, 2.24) is 0 Å². The number of hydrogen-bond donors (Lipinski definition) is 1. The van der Waals surface area contributed by atoms with Crippen LogP contribution in [-0.4, -0.2) is 17.0 Å². The summed E-state index contributed by atoms with van der Waals surface area (Å²) in [4.78, 5) is 13.4. The maximum atomic E-state index is 13.4. The summed E-state index contributed by atoms with van der Waals surface area (Å²) >= 11 is 0. The van der Waals surface area contributed by atoms with E-state index in [1.807, 2.05) is 0 Å². The van der Waals surface area contributed by atoms with Gasteiger partial charge in [-0.3, -0.25) is 4.79 Å². The van der Waals surface area contributed by atoms with E-state index in [2.05, 4.69) is 54.5 Å². The monoisotopic (exact) mass is 428 g/mol. The van der Waals surface area contributed by atoms with E-state index in [0.29, 0.717) is 29.5 Å². The van der Waals surface area contributed by atoms with Gasteiger partial charge in [-0.05, 0) is 78.9 Å². The lowest BCUT2D eigenvalue weighted by Gasteiger charge is -2.61. The number of ketones is 1. The van der Waals surface area contributed by atoms with Gasteiger partial charge >= 0.3 is 0 Å². The normalized spacial score (nSPS) is 45.0. The molecule has 0 aromatic rings. The van der Waals surface area contributed by atoms with E-state index in [1.165, 1.54) is 37.7 Å². The second kappa shape index (κ2) is 8.00. The number of allylic oxidation sites excluding steroid dienone is 1. The van der Waals surface area contributed by atoms with Crippen LogP contribution in [0.5, 0.6) is 0 Å². The Bertz CT molecular complexity index is 733. The fraction of sp³-hybridized carbons (Fsp3) is 0.897. The molecule has 0 heterocycles. The molecule has 3 fully saturated rings. The number of aliphatic hydroxyl groups excluding tert-OH is 1. The predicted molar refractivity (Wildman–Crippen MR) is 129 cm³/mol. The summed E-state index contributed by atoms with van der Waals surface area (Å²) < 4.78 is 0. The number of Topliss-reactive ketones (excluding diaryl/α,β-unsaturated/α-hetero) is 1. The summed E-state index contributed by atoms with van der Waals surface area (Å²) in [6.07, 6.45) is 12.5. The quantitative estimate of drug-likeness (QED) is 0.470. The topological polar surface area (TPSA) is 37.3 Å². The van der Waals surface area contributed by atoms with Gasteiger partial charge in [0.2, 0.25) is 0 Å². The largest absolute Gasteiger partial charge is 0.392 e. The first-order valence-electron chi connectivity index (χ1n) is 13.3. The van der Waals surface area contributed by atoms with Gasteiger partial charge in [0.05, 0.1) is 6.10 Å². The summed E-state index contributed by atoms with van der Waals surface area (Å²) in [6, 6.07) is 0. The molecule has 4 aliphatic carbocycles. The molecule has 0 bridgehead atoms. The van der Waals surface area contributed by atoms with Crippen molar-refractivity contribution >= 4 is 5.78 Å². The van der Waals surface area contributed by atoms with E-state index in [0.717, 1.165) is 31.6 Å². The summed E-state index contributed by atoms with van der Waals surface area (Å²) in [7, 11) is 0. The zero-order chi connectivity index (χ0) is 22.8.